The average Bonchev–Trinajstić information content (AvgIpc) is 3.48. The molecule has 0 atom stereocenters. The third-order valence-electron chi connectivity index (χ3n) is 6.79. The number of aromatic carboxylic acids is 1. The first-order chi connectivity index (χ1) is 19.8. The summed E-state index contributed by atoms with van der Waals surface area (Å²) in [5.74, 6) is 0.327. The van der Waals surface area contributed by atoms with Crippen LogP contribution in [0.15, 0.2) is 71.8 Å². The van der Waals surface area contributed by atoms with Gasteiger partial charge in [0.2, 0.25) is 0 Å². The summed E-state index contributed by atoms with van der Waals surface area (Å²) in [5, 5.41) is 10.3. The molecule has 1 aromatic heterocycles. The van der Waals surface area contributed by atoms with Gasteiger partial charge in [0, 0.05) is 36.3 Å². The van der Waals surface area contributed by atoms with E-state index in [1.165, 1.54) is 31.0 Å². The van der Waals surface area contributed by atoms with E-state index < -0.39 is 5.97 Å². The minimum atomic E-state index is -1.04. The minimum absolute atomic E-state index is 0.111. The second kappa shape index (κ2) is 12.1. The molecule has 4 aromatic rings. The fourth-order valence-electron chi connectivity index (χ4n) is 4.66. The first kappa shape index (κ1) is 28.3. The molecule has 0 aliphatic carbocycles. The zero-order valence-electron chi connectivity index (χ0n) is 22.7. The number of rotatable bonds is 10. The van der Waals surface area contributed by atoms with Gasteiger partial charge in [0.25, 0.3) is 5.91 Å². The summed E-state index contributed by atoms with van der Waals surface area (Å²) in [4.78, 5) is 26.5. The Bertz CT molecular complexity index is 1690. The van der Waals surface area contributed by atoms with Crippen molar-refractivity contribution in [2.75, 3.05) is 27.4 Å². The van der Waals surface area contributed by atoms with Crippen molar-refractivity contribution in [2.24, 2.45) is 7.05 Å². The number of fused-ring (bicyclic) bond motifs is 1. The normalized spacial score (nSPS) is 14.2. The molecular formula is C31H28N2O6S2. The molecule has 0 bridgehead atoms. The number of hydrogen-bond acceptors (Lipinski definition) is 7. The van der Waals surface area contributed by atoms with Gasteiger partial charge in [-0.1, -0.05) is 36.1 Å². The number of thioether (sulfide) groups is 1. The van der Waals surface area contributed by atoms with Crippen LogP contribution in [0.4, 0.5) is 0 Å². The summed E-state index contributed by atoms with van der Waals surface area (Å²) >= 11 is 6.79. The Morgan fingerprint density at radius 3 is 2.54 bits per heavy atom. The van der Waals surface area contributed by atoms with Crippen LogP contribution in [0.1, 0.15) is 22.3 Å². The van der Waals surface area contributed by atoms with Crippen LogP contribution >= 0.6 is 24.0 Å². The Morgan fingerprint density at radius 1 is 1.00 bits per heavy atom. The maximum Gasteiger partial charge on any atom is 0.335 e. The lowest BCUT2D eigenvalue weighted by Crippen LogP contribution is -2.29. The molecule has 0 spiro atoms. The number of nitrogens with zero attached hydrogens (tertiary/aromatic N) is 2. The van der Waals surface area contributed by atoms with Gasteiger partial charge in [0.05, 0.1) is 31.3 Å². The van der Waals surface area contributed by atoms with Crippen molar-refractivity contribution in [3.05, 3.63) is 82.9 Å². The van der Waals surface area contributed by atoms with Gasteiger partial charge in [0.1, 0.15) is 10.1 Å². The molecule has 210 valence electrons. The number of aromatic nitrogens is 1. The molecule has 1 aliphatic heterocycles. The summed E-state index contributed by atoms with van der Waals surface area (Å²) < 4.78 is 19.3. The van der Waals surface area contributed by atoms with Gasteiger partial charge < -0.3 is 23.9 Å². The van der Waals surface area contributed by atoms with Crippen LogP contribution in [-0.2, 0) is 11.8 Å². The Morgan fingerprint density at radius 2 is 1.78 bits per heavy atom. The summed E-state index contributed by atoms with van der Waals surface area (Å²) in [7, 11) is 5.12. The van der Waals surface area contributed by atoms with Crippen LogP contribution in [0.25, 0.3) is 28.1 Å². The molecule has 1 amide bonds. The summed E-state index contributed by atoms with van der Waals surface area (Å²) in [5.41, 5.74) is 4.09. The molecule has 0 radical (unpaired) electrons. The average molecular weight is 589 g/mol. The van der Waals surface area contributed by atoms with E-state index in [1.54, 1.807) is 18.1 Å². The molecule has 2 heterocycles. The van der Waals surface area contributed by atoms with Crippen molar-refractivity contribution in [1.82, 2.24) is 9.47 Å². The molecular weight excluding hydrogens is 560 g/mol. The zero-order chi connectivity index (χ0) is 29.1. The second-order valence-corrected chi connectivity index (χ2v) is 11.0. The van der Waals surface area contributed by atoms with Gasteiger partial charge in [-0.2, -0.15) is 0 Å². The highest BCUT2D eigenvalue weighted by Crippen LogP contribution is 2.36. The lowest BCUT2D eigenvalue weighted by molar-refractivity contribution is -0.122. The van der Waals surface area contributed by atoms with E-state index in [9.17, 15) is 9.59 Å². The predicted molar refractivity (Wildman–Crippen MR) is 165 cm³/mol. The number of aryl methyl sites for hydroxylation is 1. The van der Waals surface area contributed by atoms with E-state index in [0.29, 0.717) is 40.3 Å². The van der Waals surface area contributed by atoms with Crippen LogP contribution in [0.2, 0.25) is 0 Å². The molecule has 41 heavy (non-hydrogen) atoms. The molecule has 8 nitrogen and oxygen atoms in total. The number of carboxylic acid groups (broad SMARTS) is 1. The molecule has 1 aliphatic rings. The standard InChI is InChI=1S/C31H28N2O6S2/c1-32-13-11-21-17-20(6-8-24(21)32)23-15-19(5-9-25(23)37-2)16-28-29(34)33(31(40)41-28)12-4-14-39-26-10-7-22(30(35)36)18-27(26)38-3/h5-11,13,15-18H,4,12,14H2,1-3H3,(H,35,36). The highest BCUT2D eigenvalue weighted by Gasteiger charge is 2.31. The first-order valence-corrected chi connectivity index (χ1v) is 14.0. The molecule has 5 rings (SSSR count). The maximum atomic E-state index is 13.2. The van der Waals surface area contributed by atoms with Crippen molar-refractivity contribution >= 4 is 57.2 Å². The van der Waals surface area contributed by atoms with Crippen LogP contribution in [0.5, 0.6) is 17.2 Å². The van der Waals surface area contributed by atoms with E-state index in [1.807, 2.05) is 37.5 Å². The summed E-state index contributed by atoms with van der Waals surface area (Å²) in [6.07, 6.45) is 4.42. The van der Waals surface area contributed by atoms with Gasteiger partial charge in [-0.25, -0.2) is 4.79 Å². The smallest absolute Gasteiger partial charge is 0.335 e. The van der Waals surface area contributed by atoms with Crippen molar-refractivity contribution < 1.29 is 28.9 Å². The monoisotopic (exact) mass is 588 g/mol. The van der Waals surface area contributed by atoms with E-state index in [2.05, 4.69) is 28.8 Å². The molecule has 1 N–H and O–H groups in total. The van der Waals surface area contributed by atoms with Crippen molar-refractivity contribution in [1.29, 1.82) is 0 Å². The highest BCUT2D eigenvalue weighted by molar-refractivity contribution is 8.26. The molecule has 0 unspecified atom stereocenters. The fourth-order valence-corrected chi connectivity index (χ4v) is 5.97. The summed E-state index contributed by atoms with van der Waals surface area (Å²) in [6, 6.07) is 18.7. The summed E-state index contributed by atoms with van der Waals surface area (Å²) in [6.45, 7) is 0.689. The SMILES string of the molecule is COc1cc(C(=O)O)ccc1OCCCN1C(=O)C(=Cc2ccc(OC)c(-c3ccc4c(ccn4C)c3)c2)SC1=S. The third kappa shape index (κ3) is 5.94. The second-order valence-electron chi connectivity index (χ2n) is 9.37. The van der Waals surface area contributed by atoms with Crippen LogP contribution in [-0.4, -0.2) is 58.1 Å². The zero-order valence-corrected chi connectivity index (χ0v) is 24.4. The molecule has 10 heteroatoms. The number of benzene rings is 3. The molecule has 1 fully saturated rings. The minimum Gasteiger partial charge on any atom is -0.496 e. The van der Waals surface area contributed by atoms with Crippen LogP contribution < -0.4 is 14.2 Å². The van der Waals surface area contributed by atoms with Crippen molar-refractivity contribution in [2.45, 2.75) is 6.42 Å². The quantitative estimate of drug-likeness (QED) is 0.133. The van der Waals surface area contributed by atoms with E-state index in [4.69, 9.17) is 31.5 Å². The topological polar surface area (TPSA) is 90.2 Å². The van der Waals surface area contributed by atoms with Gasteiger partial charge in [-0.15, -0.1) is 0 Å². The van der Waals surface area contributed by atoms with Gasteiger partial charge in [-0.05, 0) is 72.2 Å². The number of carboxylic acids is 1. The highest BCUT2D eigenvalue weighted by atomic mass is 32.2. The lowest BCUT2D eigenvalue weighted by Gasteiger charge is -2.15. The van der Waals surface area contributed by atoms with Crippen molar-refractivity contribution in [3.8, 4) is 28.4 Å². The maximum absolute atomic E-state index is 13.2. The predicted octanol–water partition coefficient (Wildman–Crippen LogP) is 6.23. The third-order valence-corrected chi connectivity index (χ3v) is 8.16. The molecule has 0 saturated carbocycles. The number of amides is 1. The molecule has 3 aromatic carbocycles. The van der Waals surface area contributed by atoms with Crippen molar-refractivity contribution in [3.63, 3.8) is 0 Å². The number of ether oxygens (including phenoxy) is 3. The number of carbonyl (C=O) groups excluding carboxylic acids is 1. The van der Waals surface area contributed by atoms with Gasteiger partial charge in [-0.3, -0.25) is 9.69 Å². The van der Waals surface area contributed by atoms with E-state index in [0.717, 1.165) is 33.3 Å². The van der Waals surface area contributed by atoms with E-state index in [-0.39, 0.29) is 11.5 Å². The van der Waals surface area contributed by atoms with Gasteiger partial charge >= 0.3 is 5.97 Å². The molecule has 1 saturated heterocycles. The number of thiocarbonyl (C=S) groups is 1. The van der Waals surface area contributed by atoms with Crippen LogP contribution in [0.3, 0.4) is 0 Å². The Labute approximate surface area is 247 Å². The Kier molecular flexibility index (Phi) is 8.32. The largest absolute Gasteiger partial charge is 0.496 e. The van der Waals surface area contributed by atoms with Crippen LogP contribution in [0, 0.1) is 0 Å². The number of methoxy groups -OCH3 is 2. The first-order valence-electron chi connectivity index (χ1n) is 12.8. The number of carbonyl (C=O) groups is 2. The Balaban J connectivity index is 1.27. The van der Waals surface area contributed by atoms with Gasteiger partial charge in [0.15, 0.2) is 11.5 Å². The fraction of sp³-hybridized carbons (Fsp3) is 0.194. The lowest BCUT2D eigenvalue weighted by atomic mass is 10.00. The number of hydrogen-bond donors (Lipinski definition) is 1. The van der Waals surface area contributed by atoms with E-state index >= 15 is 0 Å². The Hall–Kier alpha value is -4.28.